The lowest BCUT2D eigenvalue weighted by molar-refractivity contribution is -0.0898. The Kier molecular flexibility index (Phi) is 6.67. The molecule has 1 heterocycles. The molecule has 5 nitrogen and oxygen atoms in total. The van der Waals surface area contributed by atoms with Gasteiger partial charge in [-0.15, -0.1) is 0 Å². The first-order valence-corrected chi connectivity index (χ1v) is 8.15. The molecule has 6 heteroatoms. The van der Waals surface area contributed by atoms with E-state index in [4.69, 9.17) is 14.0 Å². The number of ether oxygens (including phenoxy) is 2. The summed E-state index contributed by atoms with van der Waals surface area (Å²) in [7, 11) is -2.97. The van der Waals surface area contributed by atoms with E-state index in [1.165, 1.54) is 0 Å². The molecule has 1 unspecified atom stereocenters. The van der Waals surface area contributed by atoms with E-state index in [2.05, 4.69) is 5.32 Å². The third kappa shape index (κ3) is 3.76. The van der Waals surface area contributed by atoms with Crippen molar-refractivity contribution in [3.05, 3.63) is 0 Å². The van der Waals surface area contributed by atoms with E-state index >= 15 is 0 Å². The van der Waals surface area contributed by atoms with Gasteiger partial charge in [0, 0.05) is 13.2 Å². The number of hydrogen-bond donors (Lipinski definition) is 1. The molecule has 1 aliphatic heterocycles. The summed E-state index contributed by atoms with van der Waals surface area (Å²) in [5, 5.41) is 3.23. The molecular weight excluding hydrogens is 241 g/mol. The zero-order valence-electron chi connectivity index (χ0n) is 11.0. The SMILES string of the molecule is CCOC(OCC)P(=O)(OCC)[C@@H]1CCCN1. The zero-order chi connectivity index (χ0) is 12.7. The normalized spacial score (nSPS) is 24.1. The Labute approximate surface area is 104 Å². The molecule has 0 aromatic heterocycles. The highest BCUT2D eigenvalue weighted by molar-refractivity contribution is 7.60. The van der Waals surface area contributed by atoms with Gasteiger partial charge < -0.3 is 19.3 Å². The largest absolute Gasteiger partial charge is 0.345 e. The fourth-order valence-electron chi connectivity index (χ4n) is 2.01. The van der Waals surface area contributed by atoms with Gasteiger partial charge in [-0.3, -0.25) is 4.57 Å². The van der Waals surface area contributed by atoms with Crippen molar-refractivity contribution in [1.29, 1.82) is 0 Å². The molecule has 102 valence electrons. The third-order valence-electron chi connectivity index (χ3n) is 2.71. The van der Waals surface area contributed by atoms with Gasteiger partial charge in [0.15, 0.2) is 0 Å². The Morgan fingerprint density at radius 3 is 2.29 bits per heavy atom. The Morgan fingerprint density at radius 2 is 1.88 bits per heavy atom. The molecule has 0 aliphatic carbocycles. The molecule has 0 saturated carbocycles. The molecule has 17 heavy (non-hydrogen) atoms. The van der Waals surface area contributed by atoms with E-state index in [9.17, 15) is 4.57 Å². The maximum absolute atomic E-state index is 13.0. The highest BCUT2D eigenvalue weighted by Gasteiger charge is 2.44. The predicted molar refractivity (Wildman–Crippen MR) is 67.3 cm³/mol. The van der Waals surface area contributed by atoms with E-state index in [1.807, 2.05) is 20.8 Å². The molecule has 1 saturated heterocycles. The van der Waals surface area contributed by atoms with E-state index in [0.29, 0.717) is 19.8 Å². The van der Waals surface area contributed by atoms with Crippen LogP contribution in [0.3, 0.4) is 0 Å². The average Bonchev–Trinajstić information content (AvgIpc) is 2.83. The molecule has 0 bridgehead atoms. The van der Waals surface area contributed by atoms with Crippen molar-refractivity contribution in [1.82, 2.24) is 5.32 Å². The highest BCUT2D eigenvalue weighted by Crippen LogP contribution is 2.58. The summed E-state index contributed by atoms with van der Waals surface area (Å²) in [4.78, 5) is 0. The van der Waals surface area contributed by atoms with Crippen molar-refractivity contribution in [2.24, 2.45) is 0 Å². The monoisotopic (exact) mass is 265 g/mol. The van der Waals surface area contributed by atoms with Crippen molar-refractivity contribution in [3.63, 3.8) is 0 Å². The van der Waals surface area contributed by atoms with Crippen molar-refractivity contribution < 1.29 is 18.6 Å². The summed E-state index contributed by atoms with van der Waals surface area (Å²) in [6.45, 7) is 7.80. The van der Waals surface area contributed by atoms with Crippen LogP contribution >= 0.6 is 7.37 Å². The van der Waals surface area contributed by atoms with Crippen molar-refractivity contribution in [3.8, 4) is 0 Å². The molecule has 1 N–H and O–H groups in total. The minimum atomic E-state index is -2.97. The van der Waals surface area contributed by atoms with Gasteiger partial charge in [-0.25, -0.2) is 0 Å². The van der Waals surface area contributed by atoms with Crippen LogP contribution in [0.4, 0.5) is 0 Å². The van der Waals surface area contributed by atoms with Gasteiger partial charge in [-0.05, 0) is 40.2 Å². The molecule has 0 aromatic rings. The van der Waals surface area contributed by atoms with E-state index in [-0.39, 0.29) is 5.78 Å². The van der Waals surface area contributed by atoms with E-state index < -0.39 is 13.4 Å². The van der Waals surface area contributed by atoms with Crippen molar-refractivity contribution in [2.75, 3.05) is 26.4 Å². The van der Waals surface area contributed by atoms with Crippen LogP contribution < -0.4 is 5.32 Å². The zero-order valence-corrected chi connectivity index (χ0v) is 11.9. The van der Waals surface area contributed by atoms with Crippen LogP contribution in [0.2, 0.25) is 0 Å². The minimum absolute atomic E-state index is 0.134. The van der Waals surface area contributed by atoms with Crippen molar-refractivity contribution >= 4 is 7.37 Å². The van der Waals surface area contributed by atoms with Crippen LogP contribution in [-0.4, -0.2) is 38.2 Å². The topological polar surface area (TPSA) is 56.8 Å². The molecule has 1 fully saturated rings. The van der Waals surface area contributed by atoms with Crippen LogP contribution in [0.15, 0.2) is 0 Å². The van der Waals surface area contributed by atoms with Crippen LogP contribution in [0.25, 0.3) is 0 Å². The second-order valence-electron chi connectivity index (χ2n) is 3.89. The Hall–Kier alpha value is 0.0700. The maximum atomic E-state index is 13.0. The van der Waals surface area contributed by atoms with Gasteiger partial charge >= 0.3 is 0 Å². The standard InChI is InChI=1S/C11H24NO4P/c1-4-14-11(15-5-2)17(13,16-6-3)10-8-7-9-12-10/h10-12H,4-9H2,1-3H3/t10-,17?/m1/s1. The molecule has 0 radical (unpaired) electrons. The van der Waals surface area contributed by atoms with Gasteiger partial charge in [0.2, 0.25) is 6.03 Å². The molecule has 0 spiro atoms. The van der Waals surface area contributed by atoms with Gasteiger partial charge in [0.1, 0.15) is 0 Å². The molecule has 0 amide bonds. The summed E-state index contributed by atoms with van der Waals surface area (Å²) < 4.78 is 29.4. The lowest BCUT2D eigenvalue weighted by atomic mass is 10.4. The first-order valence-electron chi connectivity index (χ1n) is 6.39. The third-order valence-corrected chi connectivity index (χ3v) is 5.57. The van der Waals surface area contributed by atoms with Crippen LogP contribution in [0.1, 0.15) is 33.6 Å². The summed E-state index contributed by atoms with van der Waals surface area (Å²) in [6.07, 6.45) is 1.88. The lowest BCUT2D eigenvalue weighted by Gasteiger charge is -2.30. The van der Waals surface area contributed by atoms with E-state index in [0.717, 1.165) is 19.4 Å². The first-order chi connectivity index (χ1) is 8.19. The quantitative estimate of drug-likeness (QED) is 0.539. The number of nitrogens with one attached hydrogen (secondary N) is 1. The summed E-state index contributed by atoms with van der Waals surface area (Å²) in [6, 6.07) is -0.743. The van der Waals surface area contributed by atoms with Gasteiger partial charge in [-0.2, -0.15) is 0 Å². The minimum Gasteiger partial charge on any atom is -0.345 e. The molecule has 1 rings (SSSR count). The van der Waals surface area contributed by atoms with Crippen molar-refractivity contribution in [2.45, 2.75) is 45.4 Å². The van der Waals surface area contributed by atoms with Gasteiger partial charge in [0.25, 0.3) is 7.37 Å². The van der Waals surface area contributed by atoms with E-state index in [1.54, 1.807) is 0 Å². The second kappa shape index (κ2) is 7.49. The fraction of sp³-hybridized carbons (Fsp3) is 1.00. The molecule has 0 aromatic carbocycles. The Morgan fingerprint density at radius 1 is 1.24 bits per heavy atom. The van der Waals surface area contributed by atoms with Gasteiger partial charge in [0.05, 0.1) is 12.4 Å². The Bertz CT molecular complexity index is 250. The predicted octanol–water partition coefficient (Wildman–Crippen LogP) is 2.37. The maximum Gasteiger partial charge on any atom is 0.273 e. The smallest absolute Gasteiger partial charge is 0.273 e. The summed E-state index contributed by atoms with van der Waals surface area (Å²) in [5.74, 6) is -0.134. The first kappa shape index (κ1) is 15.1. The second-order valence-corrected chi connectivity index (χ2v) is 6.49. The molecule has 1 aliphatic rings. The van der Waals surface area contributed by atoms with Gasteiger partial charge in [-0.1, -0.05) is 0 Å². The van der Waals surface area contributed by atoms with Crippen LogP contribution in [-0.2, 0) is 18.6 Å². The van der Waals surface area contributed by atoms with Crippen LogP contribution in [0, 0.1) is 0 Å². The average molecular weight is 265 g/mol. The summed E-state index contributed by atoms with van der Waals surface area (Å²) >= 11 is 0. The highest BCUT2D eigenvalue weighted by atomic mass is 31.2. The molecular formula is C11H24NO4P. The number of rotatable bonds is 8. The summed E-state index contributed by atoms with van der Waals surface area (Å²) in [5.41, 5.74) is 0. The fourth-order valence-corrected chi connectivity index (χ4v) is 4.65. The lowest BCUT2D eigenvalue weighted by Crippen LogP contribution is -2.31. The molecule has 2 atom stereocenters. The number of hydrogen-bond acceptors (Lipinski definition) is 5. The Balaban J connectivity index is 2.81. The van der Waals surface area contributed by atoms with Crippen LogP contribution in [0.5, 0.6) is 0 Å².